The molecule has 7 nitrogen and oxygen atoms in total. The summed E-state index contributed by atoms with van der Waals surface area (Å²) in [6, 6.07) is 4.86. The van der Waals surface area contributed by atoms with Gasteiger partial charge in [-0.1, -0.05) is 0 Å². The van der Waals surface area contributed by atoms with Crippen LogP contribution in [0.25, 0.3) is 0 Å². The number of urea groups is 1. The lowest BCUT2D eigenvalue weighted by atomic mass is 10.1. The fourth-order valence-electron chi connectivity index (χ4n) is 2.39. The smallest absolute Gasteiger partial charge is 0.322 e. The van der Waals surface area contributed by atoms with Gasteiger partial charge in [0.15, 0.2) is 17.5 Å². The number of hydrogen-bond donors (Lipinski definition) is 3. The van der Waals surface area contributed by atoms with E-state index >= 15 is 0 Å². The molecule has 2 atom stereocenters. The van der Waals surface area contributed by atoms with Crippen molar-refractivity contribution in [1.29, 1.82) is 0 Å². The SMILES string of the molecule is CCOc1ccc(C[NH+](C)[C@H](C)C(=O)NC(=O)NC(C)(C)C)cc1OC. The van der Waals surface area contributed by atoms with Crippen molar-refractivity contribution in [2.75, 3.05) is 20.8 Å². The molecule has 3 N–H and O–H groups in total. The molecule has 0 aliphatic heterocycles. The fourth-order valence-corrected chi connectivity index (χ4v) is 2.39. The monoisotopic (exact) mass is 366 g/mol. The maximum absolute atomic E-state index is 12.3. The van der Waals surface area contributed by atoms with Crippen LogP contribution in [0.2, 0.25) is 0 Å². The van der Waals surface area contributed by atoms with Crippen LogP contribution in [0.4, 0.5) is 4.79 Å². The Kier molecular flexibility index (Phi) is 7.89. The molecule has 0 heterocycles. The minimum Gasteiger partial charge on any atom is -0.493 e. The van der Waals surface area contributed by atoms with Crippen LogP contribution in [0.5, 0.6) is 11.5 Å². The van der Waals surface area contributed by atoms with Gasteiger partial charge in [-0.05, 0) is 52.8 Å². The third-order valence-corrected chi connectivity index (χ3v) is 3.87. The zero-order valence-corrected chi connectivity index (χ0v) is 16.9. The topological polar surface area (TPSA) is 81.1 Å². The lowest BCUT2D eigenvalue weighted by molar-refractivity contribution is -0.908. The summed E-state index contributed by atoms with van der Waals surface area (Å²) in [7, 11) is 3.51. The van der Waals surface area contributed by atoms with Gasteiger partial charge in [0.1, 0.15) is 6.54 Å². The number of benzene rings is 1. The second kappa shape index (κ2) is 9.43. The van der Waals surface area contributed by atoms with Crippen molar-refractivity contribution in [2.24, 2.45) is 0 Å². The van der Waals surface area contributed by atoms with E-state index in [-0.39, 0.29) is 5.91 Å². The van der Waals surface area contributed by atoms with Crippen LogP contribution in [-0.4, -0.2) is 44.3 Å². The van der Waals surface area contributed by atoms with Crippen LogP contribution in [0.15, 0.2) is 18.2 Å². The molecule has 146 valence electrons. The number of ether oxygens (including phenoxy) is 2. The Morgan fingerprint density at radius 1 is 1.23 bits per heavy atom. The minimum atomic E-state index is -0.482. The van der Waals surface area contributed by atoms with Crippen LogP contribution in [0, 0.1) is 0 Å². The van der Waals surface area contributed by atoms with E-state index in [1.807, 2.05) is 52.9 Å². The number of amides is 3. The van der Waals surface area contributed by atoms with E-state index in [1.165, 1.54) is 0 Å². The van der Waals surface area contributed by atoms with Crippen LogP contribution < -0.4 is 25.0 Å². The number of nitrogens with one attached hydrogen (secondary N) is 3. The molecule has 1 aromatic carbocycles. The summed E-state index contributed by atoms with van der Waals surface area (Å²) in [4.78, 5) is 25.1. The predicted molar refractivity (Wildman–Crippen MR) is 101 cm³/mol. The summed E-state index contributed by atoms with van der Waals surface area (Å²) in [5.41, 5.74) is 0.618. The Labute approximate surface area is 156 Å². The first-order valence-electron chi connectivity index (χ1n) is 8.82. The Morgan fingerprint density at radius 2 is 1.88 bits per heavy atom. The average Bonchev–Trinajstić information content (AvgIpc) is 2.53. The standard InChI is InChI=1S/C19H31N3O4/c1-8-26-15-10-9-14(11-16(15)25-7)12-22(6)13(2)17(23)20-18(24)21-19(3,4)5/h9-11,13H,8,12H2,1-7H3,(H2,20,21,23,24)/p+1/t13-/m1/s1. The van der Waals surface area contributed by atoms with Crippen LogP contribution in [-0.2, 0) is 11.3 Å². The van der Waals surface area contributed by atoms with Gasteiger partial charge in [0.25, 0.3) is 5.91 Å². The minimum absolute atomic E-state index is 0.317. The van der Waals surface area contributed by atoms with Crippen LogP contribution in [0.3, 0.4) is 0 Å². The molecule has 0 aliphatic rings. The van der Waals surface area contributed by atoms with Crippen molar-refractivity contribution >= 4 is 11.9 Å². The molecule has 0 saturated carbocycles. The van der Waals surface area contributed by atoms with Gasteiger partial charge >= 0.3 is 6.03 Å². The molecular weight excluding hydrogens is 334 g/mol. The number of imide groups is 1. The highest BCUT2D eigenvalue weighted by Crippen LogP contribution is 2.27. The molecule has 1 unspecified atom stereocenters. The number of hydrogen-bond acceptors (Lipinski definition) is 4. The molecule has 7 heteroatoms. The Morgan fingerprint density at radius 3 is 2.42 bits per heavy atom. The largest absolute Gasteiger partial charge is 0.493 e. The van der Waals surface area contributed by atoms with Crippen molar-refractivity contribution in [3.8, 4) is 11.5 Å². The number of methoxy groups -OCH3 is 1. The van der Waals surface area contributed by atoms with E-state index in [9.17, 15) is 9.59 Å². The second-order valence-corrected chi connectivity index (χ2v) is 7.36. The summed E-state index contributed by atoms with van der Waals surface area (Å²) < 4.78 is 10.9. The van der Waals surface area contributed by atoms with Gasteiger partial charge in [-0.15, -0.1) is 0 Å². The summed E-state index contributed by atoms with van der Waals surface area (Å²) >= 11 is 0. The van der Waals surface area contributed by atoms with Gasteiger partial charge in [-0.25, -0.2) is 4.79 Å². The third kappa shape index (κ3) is 6.92. The average molecular weight is 366 g/mol. The highest BCUT2D eigenvalue weighted by atomic mass is 16.5. The molecule has 0 radical (unpaired) electrons. The molecule has 3 amide bonds. The zero-order chi connectivity index (χ0) is 19.9. The van der Waals surface area contributed by atoms with Gasteiger partial charge in [0.05, 0.1) is 20.8 Å². The van der Waals surface area contributed by atoms with E-state index in [1.54, 1.807) is 14.0 Å². The maximum Gasteiger partial charge on any atom is 0.322 e. The van der Waals surface area contributed by atoms with Gasteiger partial charge in [-0.3, -0.25) is 10.1 Å². The van der Waals surface area contributed by atoms with Crippen molar-refractivity contribution < 1.29 is 24.0 Å². The number of carbonyl (C=O) groups excluding carboxylic acids is 2. The summed E-state index contributed by atoms with van der Waals surface area (Å²) in [6.07, 6.45) is 0. The van der Waals surface area contributed by atoms with Gasteiger partial charge < -0.3 is 19.7 Å². The molecule has 26 heavy (non-hydrogen) atoms. The highest BCUT2D eigenvalue weighted by molar-refractivity contribution is 5.96. The first-order valence-corrected chi connectivity index (χ1v) is 8.82. The second-order valence-electron chi connectivity index (χ2n) is 7.36. The van der Waals surface area contributed by atoms with Crippen molar-refractivity contribution in [2.45, 2.75) is 52.7 Å². The maximum atomic E-state index is 12.3. The van der Waals surface area contributed by atoms with E-state index in [2.05, 4.69) is 10.6 Å². The molecule has 1 aromatic rings. The van der Waals surface area contributed by atoms with E-state index < -0.39 is 17.6 Å². The highest BCUT2D eigenvalue weighted by Gasteiger charge is 2.25. The molecule has 1 rings (SSSR count). The van der Waals surface area contributed by atoms with Gasteiger partial charge in [-0.2, -0.15) is 0 Å². The molecular formula is C19H32N3O4+. The number of rotatable bonds is 7. The Hall–Kier alpha value is -2.28. The van der Waals surface area contributed by atoms with Crippen LogP contribution >= 0.6 is 0 Å². The molecule has 0 fully saturated rings. The first kappa shape index (κ1) is 21.8. The number of quaternary nitrogens is 1. The molecule has 0 aromatic heterocycles. The van der Waals surface area contributed by atoms with Crippen molar-refractivity contribution in [1.82, 2.24) is 10.6 Å². The fraction of sp³-hybridized carbons (Fsp3) is 0.579. The molecule has 0 saturated heterocycles. The summed E-state index contributed by atoms with van der Waals surface area (Å²) in [6.45, 7) is 10.5. The normalized spacial score (nSPS) is 13.5. The van der Waals surface area contributed by atoms with Crippen molar-refractivity contribution in [3.05, 3.63) is 23.8 Å². The zero-order valence-electron chi connectivity index (χ0n) is 16.9. The van der Waals surface area contributed by atoms with E-state index in [0.717, 1.165) is 10.5 Å². The third-order valence-electron chi connectivity index (χ3n) is 3.87. The quantitative estimate of drug-likeness (QED) is 0.676. The molecule has 0 bridgehead atoms. The van der Waals surface area contributed by atoms with Gasteiger partial charge in [0.2, 0.25) is 0 Å². The van der Waals surface area contributed by atoms with E-state index in [0.29, 0.717) is 24.7 Å². The number of carbonyl (C=O) groups is 2. The molecule has 0 spiro atoms. The summed E-state index contributed by atoms with van der Waals surface area (Å²) in [5.74, 6) is 1.04. The predicted octanol–water partition coefficient (Wildman–Crippen LogP) is 1.12. The van der Waals surface area contributed by atoms with Gasteiger partial charge in [0, 0.05) is 11.1 Å². The Balaban J connectivity index is 2.70. The van der Waals surface area contributed by atoms with Crippen molar-refractivity contribution in [3.63, 3.8) is 0 Å². The summed E-state index contributed by atoms with van der Waals surface area (Å²) in [5, 5.41) is 5.11. The lowest BCUT2D eigenvalue weighted by Gasteiger charge is -2.23. The lowest BCUT2D eigenvalue weighted by Crippen LogP contribution is -3.12. The molecule has 0 aliphatic carbocycles. The Bertz CT molecular complexity index is 626. The van der Waals surface area contributed by atoms with Crippen LogP contribution in [0.1, 0.15) is 40.2 Å². The first-order chi connectivity index (χ1) is 12.1. The van der Waals surface area contributed by atoms with E-state index in [4.69, 9.17) is 9.47 Å². The number of likely N-dealkylation sites (N-methyl/N-ethyl adjacent to an activating group) is 1.